The first-order chi connectivity index (χ1) is 7.24. The summed E-state index contributed by atoms with van der Waals surface area (Å²) in [4.78, 5) is 6.16. The molecule has 0 spiro atoms. The van der Waals surface area contributed by atoms with Gasteiger partial charge in [0.2, 0.25) is 0 Å². The van der Waals surface area contributed by atoms with Crippen LogP contribution in [-0.4, -0.2) is 29.3 Å². The lowest BCUT2D eigenvalue weighted by Crippen LogP contribution is -2.32. The van der Waals surface area contributed by atoms with Crippen molar-refractivity contribution in [3.8, 4) is 0 Å². The molecule has 1 aliphatic rings. The maximum absolute atomic E-state index is 9.27. The monoisotopic (exact) mass is 271 g/mol. The number of nitrogen functional groups attached to an aromatic ring is 1. The number of nitrogens with zero attached hydrogens (tertiary/aromatic N) is 2. The van der Waals surface area contributed by atoms with Crippen molar-refractivity contribution in [1.29, 1.82) is 0 Å². The molecule has 15 heavy (non-hydrogen) atoms. The fraction of sp³-hybridized carbons (Fsp3) is 0.500. The molecule has 0 aromatic carbocycles. The normalized spacial score (nSPS) is 20.9. The zero-order valence-corrected chi connectivity index (χ0v) is 9.94. The molecule has 3 N–H and O–H groups in total. The van der Waals surface area contributed by atoms with Crippen LogP contribution in [0.3, 0.4) is 0 Å². The average Bonchev–Trinajstić information content (AvgIpc) is 2.65. The molecule has 1 aromatic rings. The molecule has 0 amide bonds. The van der Waals surface area contributed by atoms with Crippen molar-refractivity contribution >= 4 is 27.3 Å². The molecule has 4 nitrogen and oxygen atoms in total. The van der Waals surface area contributed by atoms with E-state index in [4.69, 9.17) is 5.73 Å². The molecule has 1 fully saturated rings. The Morgan fingerprint density at radius 2 is 2.40 bits per heavy atom. The molecular formula is C10H14BrN3O. The van der Waals surface area contributed by atoms with Crippen molar-refractivity contribution < 1.29 is 5.11 Å². The van der Waals surface area contributed by atoms with E-state index in [1.54, 1.807) is 12.4 Å². The van der Waals surface area contributed by atoms with Gasteiger partial charge in [-0.15, -0.1) is 0 Å². The van der Waals surface area contributed by atoms with E-state index in [0.717, 1.165) is 29.5 Å². The van der Waals surface area contributed by atoms with Gasteiger partial charge in [0.25, 0.3) is 0 Å². The van der Waals surface area contributed by atoms with Crippen LogP contribution in [0.25, 0.3) is 0 Å². The highest BCUT2D eigenvalue weighted by atomic mass is 79.9. The first-order valence-electron chi connectivity index (χ1n) is 5.00. The van der Waals surface area contributed by atoms with Crippen molar-refractivity contribution in [3.63, 3.8) is 0 Å². The zero-order valence-electron chi connectivity index (χ0n) is 8.36. The Kier molecular flexibility index (Phi) is 3.11. The highest BCUT2D eigenvalue weighted by Gasteiger charge is 2.26. The largest absolute Gasteiger partial charge is 0.396 e. The summed E-state index contributed by atoms with van der Waals surface area (Å²) in [5.41, 5.74) is 7.52. The maximum Gasteiger partial charge on any atom is 0.0779 e. The van der Waals surface area contributed by atoms with Gasteiger partial charge in [-0.1, -0.05) is 0 Å². The molecule has 5 heteroatoms. The summed E-state index contributed by atoms with van der Waals surface area (Å²) in [5, 5.41) is 9.27. The third-order valence-electron chi connectivity index (χ3n) is 2.78. The molecule has 1 aliphatic heterocycles. The summed E-state index contributed by atoms with van der Waals surface area (Å²) >= 11 is 3.45. The van der Waals surface area contributed by atoms with Crippen LogP contribution in [0.2, 0.25) is 0 Å². The summed E-state index contributed by atoms with van der Waals surface area (Å²) in [6.45, 7) is 1.12. The van der Waals surface area contributed by atoms with Crippen molar-refractivity contribution in [1.82, 2.24) is 4.98 Å². The predicted octanol–water partition coefficient (Wildman–Crippen LogP) is 1.39. The Hall–Kier alpha value is -0.810. The van der Waals surface area contributed by atoms with Gasteiger partial charge in [-0.3, -0.25) is 4.98 Å². The first-order valence-corrected chi connectivity index (χ1v) is 5.80. The van der Waals surface area contributed by atoms with E-state index in [-0.39, 0.29) is 12.6 Å². The van der Waals surface area contributed by atoms with Crippen molar-refractivity contribution in [2.45, 2.75) is 18.9 Å². The summed E-state index contributed by atoms with van der Waals surface area (Å²) in [7, 11) is 0. The van der Waals surface area contributed by atoms with Gasteiger partial charge in [0.1, 0.15) is 0 Å². The first kappa shape index (κ1) is 10.7. The van der Waals surface area contributed by atoms with Gasteiger partial charge in [-0.2, -0.15) is 0 Å². The summed E-state index contributed by atoms with van der Waals surface area (Å²) < 4.78 is 0.892. The van der Waals surface area contributed by atoms with Gasteiger partial charge in [0, 0.05) is 12.7 Å². The third-order valence-corrected chi connectivity index (χ3v) is 3.36. The average molecular weight is 272 g/mol. The van der Waals surface area contributed by atoms with Gasteiger partial charge >= 0.3 is 0 Å². The number of aliphatic hydroxyl groups is 1. The highest BCUT2D eigenvalue weighted by molar-refractivity contribution is 9.10. The topological polar surface area (TPSA) is 62.4 Å². The van der Waals surface area contributed by atoms with E-state index in [0.29, 0.717) is 5.69 Å². The van der Waals surface area contributed by atoms with E-state index in [9.17, 15) is 5.11 Å². The molecule has 0 saturated carbocycles. The van der Waals surface area contributed by atoms with Gasteiger partial charge in [0.15, 0.2) is 0 Å². The fourth-order valence-electron chi connectivity index (χ4n) is 2.07. The number of aliphatic hydroxyl groups excluding tert-OH is 1. The smallest absolute Gasteiger partial charge is 0.0779 e. The molecule has 0 radical (unpaired) electrons. The number of rotatable bonds is 2. The van der Waals surface area contributed by atoms with E-state index < -0.39 is 0 Å². The van der Waals surface area contributed by atoms with Crippen LogP contribution in [0.4, 0.5) is 11.4 Å². The van der Waals surface area contributed by atoms with E-state index in [1.165, 1.54) is 0 Å². The second kappa shape index (κ2) is 4.37. The van der Waals surface area contributed by atoms with Crippen LogP contribution in [0, 0.1) is 0 Å². The minimum atomic E-state index is 0.175. The Bertz CT molecular complexity index is 338. The summed E-state index contributed by atoms with van der Waals surface area (Å²) in [5.74, 6) is 0. The Morgan fingerprint density at radius 3 is 3.07 bits per heavy atom. The van der Waals surface area contributed by atoms with Crippen molar-refractivity contribution in [2.24, 2.45) is 0 Å². The second-order valence-electron chi connectivity index (χ2n) is 3.73. The molecule has 2 rings (SSSR count). The zero-order chi connectivity index (χ0) is 10.8. The Balaban J connectivity index is 2.36. The number of hydrogen-bond donors (Lipinski definition) is 2. The lowest BCUT2D eigenvalue weighted by Gasteiger charge is -2.27. The minimum absolute atomic E-state index is 0.175. The standard InChI is InChI=1S/C10H14BrN3O/c11-8-4-13-5-9(12)10(8)14-3-1-2-7(14)6-15/h4-5,7,15H,1-3,6,12H2. The molecule has 1 aromatic heterocycles. The molecule has 1 unspecified atom stereocenters. The maximum atomic E-state index is 9.27. The molecule has 0 bridgehead atoms. The molecule has 1 atom stereocenters. The van der Waals surface area contributed by atoms with Crippen molar-refractivity contribution in [3.05, 3.63) is 16.9 Å². The minimum Gasteiger partial charge on any atom is -0.396 e. The number of aromatic nitrogens is 1. The number of hydrogen-bond acceptors (Lipinski definition) is 4. The molecule has 0 aliphatic carbocycles. The van der Waals surface area contributed by atoms with Gasteiger partial charge in [0.05, 0.1) is 34.7 Å². The number of pyridine rings is 1. The van der Waals surface area contributed by atoms with Crippen molar-refractivity contribution in [2.75, 3.05) is 23.8 Å². The highest BCUT2D eigenvalue weighted by Crippen LogP contribution is 2.35. The summed E-state index contributed by atoms with van der Waals surface area (Å²) in [6.07, 6.45) is 5.50. The van der Waals surface area contributed by atoms with Gasteiger partial charge in [-0.25, -0.2) is 0 Å². The SMILES string of the molecule is Nc1cncc(Br)c1N1CCCC1CO. The van der Waals surface area contributed by atoms with E-state index in [1.807, 2.05) is 0 Å². The van der Waals surface area contributed by atoms with E-state index in [2.05, 4.69) is 25.8 Å². The lowest BCUT2D eigenvalue weighted by molar-refractivity contribution is 0.266. The number of anilines is 2. The van der Waals surface area contributed by atoms with Crippen LogP contribution in [0.1, 0.15) is 12.8 Å². The lowest BCUT2D eigenvalue weighted by atomic mass is 10.2. The molecular weight excluding hydrogens is 258 g/mol. The number of halogens is 1. The predicted molar refractivity (Wildman–Crippen MR) is 63.8 cm³/mol. The van der Waals surface area contributed by atoms with Crippen LogP contribution < -0.4 is 10.6 Å². The summed E-state index contributed by atoms with van der Waals surface area (Å²) in [6, 6.07) is 0.186. The Labute approximate surface area is 97.2 Å². The van der Waals surface area contributed by atoms with Crippen LogP contribution in [0.15, 0.2) is 16.9 Å². The van der Waals surface area contributed by atoms with Gasteiger partial charge in [-0.05, 0) is 28.8 Å². The second-order valence-corrected chi connectivity index (χ2v) is 4.59. The third kappa shape index (κ3) is 1.94. The number of nitrogens with two attached hydrogens (primary N) is 1. The quantitative estimate of drug-likeness (QED) is 0.854. The van der Waals surface area contributed by atoms with Gasteiger partial charge < -0.3 is 15.7 Å². The van der Waals surface area contributed by atoms with E-state index >= 15 is 0 Å². The fourth-order valence-corrected chi connectivity index (χ4v) is 2.64. The van der Waals surface area contributed by atoms with Crippen LogP contribution >= 0.6 is 15.9 Å². The van der Waals surface area contributed by atoms with Crippen LogP contribution in [0.5, 0.6) is 0 Å². The molecule has 1 saturated heterocycles. The van der Waals surface area contributed by atoms with Crippen LogP contribution in [-0.2, 0) is 0 Å². The molecule has 82 valence electrons. The molecule has 2 heterocycles. The Morgan fingerprint density at radius 1 is 1.60 bits per heavy atom.